The third-order valence-corrected chi connectivity index (χ3v) is 3.06. The highest BCUT2D eigenvalue weighted by Gasteiger charge is 2.25. The van der Waals surface area contributed by atoms with E-state index in [1.54, 1.807) is 13.2 Å². The number of fused-ring (bicyclic) bond motifs is 1. The monoisotopic (exact) mass is 259 g/mol. The van der Waals surface area contributed by atoms with Crippen molar-refractivity contribution in [3.63, 3.8) is 0 Å². The number of hydrogen-bond donors (Lipinski definition) is 2. The Kier molecular flexibility index (Phi) is 2.72. The Bertz CT molecular complexity index is 636. The maximum atomic E-state index is 11.7. The molecule has 1 aromatic carbocycles. The lowest BCUT2D eigenvalue weighted by molar-refractivity contribution is 0.0594. The van der Waals surface area contributed by atoms with Crippen LogP contribution in [0.25, 0.3) is 11.3 Å². The number of β-amino-alcohol motifs (C(OH)–C–C–N with tert-alkyl or cyclic N) is 1. The van der Waals surface area contributed by atoms with Gasteiger partial charge in [-0.15, -0.1) is 0 Å². The number of aliphatic hydroxyl groups excluding tert-OH is 1. The average Bonchev–Trinajstić information content (AvgIpc) is 2.89. The molecule has 1 atom stereocenters. The predicted molar refractivity (Wildman–Crippen MR) is 67.8 cm³/mol. The molecule has 3 rings (SSSR count). The molecule has 2 aromatic rings. The Balaban J connectivity index is 2.07. The average molecular weight is 259 g/mol. The molecule has 1 aliphatic heterocycles. The number of amides is 1. The van der Waals surface area contributed by atoms with Gasteiger partial charge < -0.3 is 15.2 Å². The van der Waals surface area contributed by atoms with Crippen LogP contribution in [0, 0.1) is 0 Å². The highest BCUT2D eigenvalue weighted by molar-refractivity contribution is 5.94. The van der Waals surface area contributed by atoms with Gasteiger partial charge in [0.25, 0.3) is 5.91 Å². The van der Waals surface area contributed by atoms with Crippen molar-refractivity contribution in [1.82, 2.24) is 15.1 Å². The van der Waals surface area contributed by atoms with Crippen LogP contribution in [-0.4, -0.2) is 34.4 Å². The summed E-state index contributed by atoms with van der Waals surface area (Å²) in [7, 11) is 1.59. The maximum absolute atomic E-state index is 11.7. The van der Waals surface area contributed by atoms with E-state index >= 15 is 0 Å². The smallest absolute Gasteiger partial charge is 0.269 e. The fraction of sp³-hybridized carbons (Fsp3) is 0.231. The van der Waals surface area contributed by atoms with Crippen molar-refractivity contribution in [2.75, 3.05) is 13.7 Å². The SMILES string of the molecule is COc1cccc(-c2cc3n(n2)[C@H](O)CNC3=O)c1. The Morgan fingerprint density at radius 2 is 2.32 bits per heavy atom. The number of aromatic nitrogens is 2. The van der Waals surface area contributed by atoms with Crippen molar-refractivity contribution < 1.29 is 14.6 Å². The summed E-state index contributed by atoms with van der Waals surface area (Å²) in [6.07, 6.45) is -0.827. The molecule has 2 N–H and O–H groups in total. The molecule has 0 bridgehead atoms. The second-order valence-corrected chi connectivity index (χ2v) is 4.28. The molecule has 0 unspecified atom stereocenters. The van der Waals surface area contributed by atoms with Gasteiger partial charge in [0.2, 0.25) is 0 Å². The van der Waals surface area contributed by atoms with E-state index in [1.165, 1.54) is 4.68 Å². The fourth-order valence-electron chi connectivity index (χ4n) is 2.08. The molecule has 19 heavy (non-hydrogen) atoms. The standard InChI is InChI=1S/C13H13N3O3/c1-19-9-4-2-3-8(5-9)10-6-11-13(18)14-7-12(17)16(11)15-10/h2-6,12,17H,7H2,1H3,(H,14,18)/t12-/m1/s1. The Morgan fingerprint density at radius 3 is 3.05 bits per heavy atom. The van der Waals surface area contributed by atoms with Crippen LogP contribution < -0.4 is 10.1 Å². The van der Waals surface area contributed by atoms with Gasteiger partial charge in [-0.3, -0.25) is 4.79 Å². The summed E-state index contributed by atoms with van der Waals surface area (Å²) in [5, 5.41) is 16.7. The van der Waals surface area contributed by atoms with Crippen LogP contribution in [-0.2, 0) is 0 Å². The minimum Gasteiger partial charge on any atom is -0.497 e. The molecule has 0 aliphatic carbocycles. The molecule has 2 heterocycles. The van der Waals surface area contributed by atoms with Crippen molar-refractivity contribution in [2.24, 2.45) is 0 Å². The van der Waals surface area contributed by atoms with Crippen LogP contribution in [0.15, 0.2) is 30.3 Å². The number of benzene rings is 1. The van der Waals surface area contributed by atoms with Crippen molar-refractivity contribution in [2.45, 2.75) is 6.23 Å². The summed E-state index contributed by atoms with van der Waals surface area (Å²) in [4.78, 5) is 11.7. The number of aliphatic hydroxyl groups is 1. The minimum absolute atomic E-state index is 0.172. The number of methoxy groups -OCH3 is 1. The number of carbonyl (C=O) groups excluding carboxylic acids is 1. The lowest BCUT2D eigenvalue weighted by Crippen LogP contribution is -2.39. The van der Waals surface area contributed by atoms with Crippen LogP contribution in [0.2, 0.25) is 0 Å². The van der Waals surface area contributed by atoms with E-state index in [1.807, 2.05) is 24.3 Å². The number of carbonyl (C=O) groups is 1. The van der Waals surface area contributed by atoms with Crippen LogP contribution >= 0.6 is 0 Å². The predicted octanol–water partition coefficient (Wildman–Crippen LogP) is 0.793. The van der Waals surface area contributed by atoms with Gasteiger partial charge in [-0.05, 0) is 18.2 Å². The second-order valence-electron chi connectivity index (χ2n) is 4.28. The van der Waals surface area contributed by atoms with Crippen molar-refractivity contribution in [1.29, 1.82) is 0 Å². The maximum Gasteiger partial charge on any atom is 0.269 e. The van der Waals surface area contributed by atoms with Gasteiger partial charge in [0.15, 0.2) is 6.23 Å². The van der Waals surface area contributed by atoms with Gasteiger partial charge in [-0.1, -0.05) is 12.1 Å². The first-order chi connectivity index (χ1) is 9.19. The molecule has 0 radical (unpaired) electrons. The second kappa shape index (κ2) is 4.40. The normalized spacial score (nSPS) is 17.8. The van der Waals surface area contributed by atoms with Crippen molar-refractivity contribution in [3.8, 4) is 17.0 Å². The van der Waals surface area contributed by atoms with Crippen LogP contribution in [0.5, 0.6) is 5.75 Å². The number of rotatable bonds is 2. The molecule has 1 amide bonds. The summed E-state index contributed by atoms with van der Waals surface area (Å²) in [5.74, 6) is 0.486. The molecular weight excluding hydrogens is 246 g/mol. The molecule has 1 aromatic heterocycles. The zero-order valence-electron chi connectivity index (χ0n) is 10.3. The third kappa shape index (κ3) is 1.96. The number of ether oxygens (including phenoxy) is 1. The first-order valence-electron chi connectivity index (χ1n) is 5.89. The highest BCUT2D eigenvalue weighted by Crippen LogP contribution is 2.25. The van der Waals surface area contributed by atoms with E-state index < -0.39 is 6.23 Å². The molecule has 0 spiro atoms. The first kappa shape index (κ1) is 11.7. The Hall–Kier alpha value is -2.34. The molecule has 98 valence electrons. The van der Waals surface area contributed by atoms with Crippen LogP contribution in [0.3, 0.4) is 0 Å². The van der Waals surface area contributed by atoms with E-state index in [4.69, 9.17) is 4.74 Å². The van der Waals surface area contributed by atoms with Crippen molar-refractivity contribution in [3.05, 3.63) is 36.0 Å². The Labute approximate surface area is 109 Å². The van der Waals surface area contributed by atoms with Gasteiger partial charge in [0, 0.05) is 5.56 Å². The van der Waals surface area contributed by atoms with Gasteiger partial charge >= 0.3 is 0 Å². The van der Waals surface area contributed by atoms with E-state index in [9.17, 15) is 9.90 Å². The van der Waals surface area contributed by atoms with Gasteiger partial charge in [0.1, 0.15) is 11.4 Å². The van der Waals surface area contributed by atoms with E-state index in [0.717, 1.165) is 5.56 Å². The number of hydrogen-bond acceptors (Lipinski definition) is 4. The molecule has 1 aliphatic rings. The fourth-order valence-corrected chi connectivity index (χ4v) is 2.08. The summed E-state index contributed by atoms with van der Waals surface area (Å²) in [6, 6.07) is 9.05. The highest BCUT2D eigenvalue weighted by atomic mass is 16.5. The molecule has 0 fully saturated rings. The molecule has 0 saturated carbocycles. The lowest BCUT2D eigenvalue weighted by atomic mass is 10.1. The summed E-state index contributed by atoms with van der Waals surface area (Å²) in [6.45, 7) is 0.172. The molecular formula is C13H13N3O3. The first-order valence-corrected chi connectivity index (χ1v) is 5.89. The van der Waals surface area contributed by atoms with Gasteiger partial charge in [0.05, 0.1) is 19.3 Å². The zero-order valence-corrected chi connectivity index (χ0v) is 10.3. The molecule has 0 saturated heterocycles. The van der Waals surface area contributed by atoms with E-state index in [2.05, 4.69) is 10.4 Å². The lowest BCUT2D eigenvalue weighted by Gasteiger charge is -2.19. The van der Waals surface area contributed by atoms with Gasteiger partial charge in [-0.25, -0.2) is 4.68 Å². The van der Waals surface area contributed by atoms with Gasteiger partial charge in [-0.2, -0.15) is 5.10 Å². The van der Waals surface area contributed by atoms with Crippen molar-refractivity contribution >= 4 is 5.91 Å². The zero-order chi connectivity index (χ0) is 13.4. The van der Waals surface area contributed by atoms with Crippen LogP contribution in [0.1, 0.15) is 16.7 Å². The topological polar surface area (TPSA) is 76.4 Å². The Morgan fingerprint density at radius 1 is 1.47 bits per heavy atom. The summed E-state index contributed by atoms with van der Waals surface area (Å²) >= 11 is 0. The number of nitrogens with zero attached hydrogens (tertiary/aromatic N) is 2. The van der Waals surface area contributed by atoms with E-state index in [-0.39, 0.29) is 12.5 Å². The summed E-state index contributed by atoms with van der Waals surface area (Å²) < 4.78 is 6.50. The third-order valence-electron chi connectivity index (χ3n) is 3.06. The van der Waals surface area contributed by atoms with E-state index in [0.29, 0.717) is 17.1 Å². The summed E-state index contributed by atoms with van der Waals surface area (Å²) in [5.41, 5.74) is 1.82. The minimum atomic E-state index is -0.827. The quantitative estimate of drug-likeness (QED) is 0.836. The number of nitrogens with one attached hydrogen (secondary N) is 1. The van der Waals surface area contributed by atoms with Crippen LogP contribution in [0.4, 0.5) is 0 Å². The largest absolute Gasteiger partial charge is 0.497 e. The molecule has 6 heteroatoms. The molecule has 6 nitrogen and oxygen atoms in total.